The van der Waals surface area contributed by atoms with Gasteiger partial charge in [0.15, 0.2) is 0 Å². The van der Waals surface area contributed by atoms with Gasteiger partial charge in [0.05, 0.1) is 6.42 Å². The zero-order valence-corrected chi connectivity index (χ0v) is 18.6. The highest BCUT2D eigenvalue weighted by Gasteiger charge is 2.53. The molecule has 0 radical (unpaired) electrons. The van der Waals surface area contributed by atoms with E-state index in [1.54, 1.807) is 12.4 Å². The minimum absolute atomic E-state index is 0.200. The third kappa shape index (κ3) is 3.59. The number of benzene rings is 2. The third-order valence-electron chi connectivity index (χ3n) is 5.70. The Bertz CT molecular complexity index is 1270. The second kappa shape index (κ2) is 8.44. The number of nitrogens with one attached hydrogen (secondary N) is 1. The molecule has 0 aliphatic carbocycles. The minimum Gasteiger partial charge on any atom is -0.341 e. The number of hydrogen-bond donors (Lipinski definition) is 2. The number of fused-ring (bicyclic) bond motifs is 2. The molecule has 5 rings (SSSR count). The summed E-state index contributed by atoms with van der Waals surface area (Å²) in [6, 6.07) is 16.4. The maximum atomic E-state index is 13.0. The van der Waals surface area contributed by atoms with Crippen molar-refractivity contribution in [2.75, 3.05) is 5.75 Å². The Morgan fingerprint density at radius 1 is 1.12 bits per heavy atom. The van der Waals surface area contributed by atoms with Gasteiger partial charge in [-0.05, 0) is 28.2 Å². The zero-order valence-electron chi connectivity index (χ0n) is 16.9. The lowest BCUT2D eigenvalue weighted by atomic mass is 9.96. The van der Waals surface area contributed by atoms with Crippen molar-refractivity contribution in [3.63, 3.8) is 0 Å². The van der Waals surface area contributed by atoms with Gasteiger partial charge < -0.3 is 5.32 Å². The number of pyridine rings is 1. The molecule has 0 spiro atoms. The van der Waals surface area contributed by atoms with Crippen molar-refractivity contribution in [2.45, 2.75) is 17.8 Å². The number of rotatable bonds is 5. The average molecular weight is 462 g/mol. The van der Waals surface area contributed by atoms with Crippen LogP contribution in [-0.4, -0.2) is 44.0 Å². The Labute approximate surface area is 194 Å². The van der Waals surface area contributed by atoms with Gasteiger partial charge in [-0.1, -0.05) is 61.2 Å². The quantitative estimate of drug-likeness (QED) is 0.451. The third-order valence-corrected chi connectivity index (χ3v) is 7.19. The molecule has 1 N–H and O–H groups in total. The van der Waals surface area contributed by atoms with Crippen LogP contribution in [0.4, 0.5) is 0 Å². The van der Waals surface area contributed by atoms with Gasteiger partial charge >= 0.3 is 0 Å². The van der Waals surface area contributed by atoms with Crippen LogP contribution in [0.25, 0.3) is 16.3 Å². The molecule has 2 aromatic carbocycles. The second-order valence-electron chi connectivity index (χ2n) is 7.65. The number of nitrogens with zero attached hydrogens (tertiary/aromatic N) is 2. The van der Waals surface area contributed by atoms with Gasteiger partial charge in [0, 0.05) is 23.5 Å². The Balaban J connectivity index is 1.43. The van der Waals surface area contributed by atoms with Gasteiger partial charge in [-0.3, -0.25) is 24.3 Å². The van der Waals surface area contributed by atoms with E-state index in [1.807, 2.05) is 54.6 Å². The fraction of sp³-hybridized carbons (Fsp3) is 0.167. The molecular weight excluding hydrogens is 442 g/mol. The normalized spacial score (nSPS) is 20.0. The summed E-state index contributed by atoms with van der Waals surface area (Å²) in [5.74, 6) is 0.0213. The number of carbonyl (C=O) groups is 3. The molecule has 1 aromatic heterocycles. The highest BCUT2D eigenvalue weighted by molar-refractivity contribution is 8.00. The summed E-state index contributed by atoms with van der Waals surface area (Å²) in [5, 5.41) is 3.97. The van der Waals surface area contributed by atoms with Gasteiger partial charge in [-0.15, -0.1) is 11.8 Å². The number of carbonyl (C=O) groups excluding carboxylic acids is 3. The maximum absolute atomic E-state index is 13.0. The predicted molar refractivity (Wildman–Crippen MR) is 128 cm³/mol. The SMILES string of the molecule is O=C(Cc1ccccc1)N[C@@H]1C(=O)N2C(C(=O)S)=C(c3cccc4cnccc34)CS[C@H]12. The highest BCUT2D eigenvalue weighted by Crippen LogP contribution is 2.44. The molecular formula is C24H19N3O3S2. The summed E-state index contributed by atoms with van der Waals surface area (Å²) in [6.45, 7) is 0. The number of hydrogen-bond acceptors (Lipinski definition) is 5. The Kier molecular flexibility index (Phi) is 5.48. The predicted octanol–water partition coefficient (Wildman–Crippen LogP) is 3.04. The van der Waals surface area contributed by atoms with Crippen LogP contribution in [0.5, 0.6) is 0 Å². The molecule has 2 aliphatic rings. The van der Waals surface area contributed by atoms with Crippen molar-refractivity contribution >= 4 is 57.7 Å². The molecule has 8 heteroatoms. The molecule has 2 amide bonds. The van der Waals surface area contributed by atoms with E-state index in [-0.39, 0.29) is 23.6 Å². The molecule has 0 unspecified atom stereocenters. The summed E-state index contributed by atoms with van der Waals surface area (Å²) in [5.41, 5.74) is 2.83. The second-order valence-corrected chi connectivity index (χ2v) is 9.16. The molecule has 3 heterocycles. The summed E-state index contributed by atoms with van der Waals surface area (Å²) < 4.78 is 0. The minimum atomic E-state index is -0.655. The van der Waals surface area contributed by atoms with Crippen molar-refractivity contribution in [2.24, 2.45) is 0 Å². The summed E-state index contributed by atoms with van der Waals surface area (Å²) in [6.07, 6.45) is 3.68. The molecule has 0 bridgehead atoms. The van der Waals surface area contributed by atoms with Crippen molar-refractivity contribution in [3.8, 4) is 0 Å². The lowest BCUT2D eigenvalue weighted by Gasteiger charge is -2.50. The van der Waals surface area contributed by atoms with Crippen LogP contribution in [0.1, 0.15) is 11.1 Å². The number of β-lactam (4-membered cyclic amide) rings is 1. The first-order valence-corrected chi connectivity index (χ1v) is 11.6. The molecule has 2 atom stereocenters. The number of thiol groups is 1. The Morgan fingerprint density at radius 3 is 2.72 bits per heavy atom. The first-order valence-electron chi connectivity index (χ1n) is 10.1. The first kappa shape index (κ1) is 20.8. The fourth-order valence-corrected chi connectivity index (χ4v) is 5.82. The van der Waals surface area contributed by atoms with Gasteiger partial charge in [-0.25, -0.2) is 0 Å². The largest absolute Gasteiger partial charge is 0.341 e. The first-order chi connectivity index (χ1) is 15.5. The fourth-order valence-electron chi connectivity index (χ4n) is 4.22. The van der Waals surface area contributed by atoms with Gasteiger partial charge in [0.2, 0.25) is 11.0 Å². The zero-order chi connectivity index (χ0) is 22.2. The lowest BCUT2D eigenvalue weighted by Crippen LogP contribution is -2.70. The van der Waals surface area contributed by atoms with Crippen LogP contribution in [0, 0.1) is 0 Å². The van der Waals surface area contributed by atoms with Crippen LogP contribution in [0.3, 0.4) is 0 Å². The van der Waals surface area contributed by atoms with Gasteiger partial charge in [-0.2, -0.15) is 0 Å². The van der Waals surface area contributed by atoms with Crippen LogP contribution < -0.4 is 5.32 Å². The molecule has 160 valence electrons. The summed E-state index contributed by atoms with van der Waals surface area (Å²) in [7, 11) is 0. The van der Waals surface area contributed by atoms with E-state index in [4.69, 9.17) is 0 Å². The van der Waals surface area contributed by atoms with Crippen LogP contribution in [0.2, 0.25) is 0 Å². The van der Waals surface area contributed by atoms with Crippen LogP contribution in [-0.2, 0) is 20.8 Å². The van der Waals surface area contributed by atoms with E-state index in [0.717, 1.165) is 27.5 Å². The molecule has 1 fully saturated rings. The van der Waals surface area contributed by atoms with Crippen molar-refractivity contribution in [1.29, 1.82) is 0 Å². The number of amides is 2. The standard InChI is InChI=1S/C24H19N3O3S2/c28-19(11-14-5-2-1-3-6-14)26-20-22(29)27-21(24(30)31)18(13-32-23(20)27)17-8-4-7-15-12-25-10-9-16(15)17/h1-10,12,20,23H,11,13H2,(H,26,28)(H,30,31)/t20-,23-/m1/s1. The maximum Gasteiger partial charge on any atom is 0.253 e. The lowest BCUT2D eigenvalue weighted by molar-refractivity contribution is -0.146. The van der Waals surface area contributed by atoms with Crippen molar-refractivity contribution in [3.05, 3.63) is 83.8 Å². The average Bonchev–Trinajstić information content (AvgIpc) is 2.81. The Morgan fingerprint density at radius 2 is 1.94 bits per heavy atom. The molecule has 6 nitrogen and oxygen atoms in total. The molecule has 1 saturated heterocycles. The van der Waals surface area contributed by atoms with Crippen LogP contribution >= 0.6 is 24.4 Å². The van der Waals surface area contributed by atoms with E-state index < -0.39 is 11.2 Å². The van der Waals surface area contributed by atoms with Crippen molar-refractivity contribution in [1.82, 2.24) is 15.2 Å². The van der Waals surface area contributed by atoms with E-state index in [9.17, 15) is 14.4 Å². The molecule has 32 heavy (non-hydrogen) atoms. The monoisotopic (exact) mass is 461 g/mol. The van der Waals surface area contributed by atoms with Crippen LogP contribution in [0.15, 0.2) is 72.7 Å². The molecule has 0 saturated carbocycles. The molecule has 2 aliphatic heterocycles. The van der Waals surface area contributed by atoms with Crippen molar-refractivity contribution < 1.29 is 14.4 Å². The van der Waals surface area contributed by atoms with Gasteiger partial charge in [0.1, 0.15) is 17.1 Å². The summed E-state index contributed by atoms with van der Waals surface area (Å²) >= 11 is 5.62. The number of aromatic nitrogens is 1. The van der Waals surface area contributed by atoms with E-state index >= 15 is 0 Å². The molecule has 3 aromatic rings. The topological polar surface area (TPSA) is 79.4 Å². The number of thioether (sulfide) groups is 1. The Hall–Kier alpha value is -3.10. The summed E-state index contributed by atoms with van der Waals surface area (Å²) in [4.78, 5) is 43.7. The van der Waals surface area contributed by atoms with E-state index in [1.165, 1.54) is 16.7 Å². The van der Waals surface area contributed by atoms with Gasteiger partial charge in [0.25, 0.3) is 5.91 Å². The van der Waals surface area contributed by atoms with E-state index in [2.05, 4.69) is 22.9 Å². The highest BCUT2D eigenvalue weighted by atomic mass is 32.2. The smallest absolute Gasteiger partial charge is 0.253 e. The van der Waals surface area contributed by atoms with E-state index in [0.29, 0.717) is 11.4 Å².